The number of nitrogens with zero attached hydrogens (tertiary/aromatic N) is 6. The van der Waals surface area contributed by atoms with E-state index in [2.05, 4.69) is 40.3 Å². The highest BCUT2D eigenvalue weighted by Gasteiger charge is 2.30. The second-order valence-corrected chi connectivity index (χ2v) is 12.7. The molecule has 0 aliphatic carbocycles. The standard InChI is InChI=1S/C17H15ClFN3S.C17H14F3N3S/c1-11-5-3-8-16(12(11)2)22-10-20-21-17(22)23-9-13-14(18)6-4-7-15(13)19;1-12-5-2-3-8-15(12)23-11-21-22-16(23)24-10-13-6-4-7-14(9-13)17(18,19)20/h3-8,10H,9H2,1-2H3;2-9,11H,10H2,1H3. The smallest absolute Gasteiger partial charge is 0.276 e. The van der Waals surface area contributed by atoms with Gasteiger partial charge in [-0.05, 0) is 73.4 Å². The largest absolute Gasteiger partial charge is 0.416 e. The number of halogens is 5. The van der Waals surface area contributed by atoms with Gasteiger partial charge >= 0.3 is 6.18 Å². The molecule has 47 heavy (non-hydrogen) atoms. The van der Waals surface area contributed by atoms with E-state index >= 15 is 0 Å². The Kier molecular flexibility index (Phi) is 11.1. The van der Waals surface area contributed by atoms with E-state index in [9.17, 15) is 17.6 Å². The van der Waals surface area contributed by atoms with Gasteiger partial charge in [0.2, 0.25) is 0 Å². The molecule has 0 saturated carbocycles. The fourth-order valence-corrected chi connectivity index (χ4v) is 6.73. The van der Waals surface area contributed by atoms with Crippen LogP contribution >= 0.6 is 35.1 Å². The number of alkyl halides is 3. The van der Waals surface area contributed by atoms with Crippen molar-refractivity contribution in [3.05, 3.63) is 142 Å². The quantitative estimate of drug-likeness (QED) is 0.117. The summed E-state index contributed by atoms with van der Waals surface area (Å²) in [6, 6.07) is 23.9. The first-order valence-electron chi connectivity index (χ1n) is 14.3. The van der Waals surface area contributed by atoms with Gasteiger partial charge in [-0.2, -0.15) is 13.2 Å². The number of hydrogen-bond donors (Lipinski definition) is 0. The Balaban J connectivity index is 0.000000185. The summed E-state index contributed by atoms with van der Waals surface area (Å²) >= 11 is 8.84. The Morgan fingerprint density at radius 2 is 1.30 bits per heavy atom. The Morgan fingerprint density at radius 1 is 0.702 bits per heavy atom. The molecular weight excluding hydrogens is 668 g/mol. The summed E-state index contributed by atoms with van der Waals surface area (Å²) in [6.45, 7) is 6.11. The normalized spacial score (nSPS) is 11.3. The van der Waals surface area contributed by atoms with Crippen molar-refractivity contribution in [3.63, 3.8) is 0 Å². The minimum absolute atomic E-state index is 0.303. The van der Waals surface area contributed by atoms with Crippen LogP contribution in [0.4, 0.5) is 17.6 Å². The second-order valence-electron chi connectivity index (χ2n) is 10.4. The van der Waals surface area contributed by atoms with Crippen molar-refractivity contribution >= 4 is 35.1 Å². The average Bonchev–Trinajstić information content (AvgIpc) is 3.71. The summed E-state index contributed by atoms with van der Waals surface area (Å²) in [5.41, 5.74) is 5.84. The molecule has 0 aliphatic heterocycles. The van der Waals surface area contributed by atoms with Crippen molar-refractivity contribution in [2.45, 2.75) is 48.8 Å². The second kappa shape index (κ2) is 15.2. The van der Waals surface area contributed by atoms with Gasteiger partial charge in [-0.3, -0.25) is 9.13 Å². The van der Waals surface area contributed by atoms with Crippen LogP contribution in [-0.2, 0) is 17.7 Å². The Morgan fingerprint density at radius 3 is 1.98 bits per heavy atom. The van der Waals surface area contributed by atoms with Crippen LogP contribution < -0.4 is 0 Å². The Bertz CT molecular complexity index is 1950. The van der Waals surface area contributed by atoms with Crippen molar-refractivity contribution in [2.75, 3.05) is 0 Å². The lowest BCUT2D eigenvalue weighted by Crippen LogP contribution is -2.05. The van der Waals surface area contributed by atoms with Crippen LogP contribution in [0, 0.1) is 26.6 Å². The van der Waals surface area contributed by atoms with E-state index in [1.165, 1.54) is 47.3 Å². The molecule has 0 unspecified atom stereocenters. The van der Waals surface area contributed by atoms with E-state index in [4.69, 9.17) is 11.6 Å². The molecule has 13 heteroatoms. The molecule has 6 aromatic rings. The van der Waals surface area contributed by atoms with Crippen LogP contribution in [0.5, 0.6) is 0 Å². The predicted molar refractivity (Wildman–Crippen MR) is 179 cm³/mol. The third-order valence-electron chi connectivity index (χ3n) is 7.27. The molecule has 0 amide bonds. The minimum Gasteiger partial charge on any atom is -0.276 e. The summed E-state index contributed by atoms with van der Waals surface area (Å²) in [7, 11) is 0. The van der Waals surface area contributed by atoms with Gasteiger partial charge in [0.25, 0.3) is 0 Å². The highest BCUT2D eigenvalue weighted by molar-refractivity contribution is 7.98. The van der Waals surface area contributed by atoms with Crippen molar-refractivity contribution in [1.29, 1.82) is 0 Å². The zero-order valence-electron chi connectivity index (χ0n) is 25.5. The molecule has 0 atom stereocenters. The number of hydrogen-bond acceptors (Lipinski definition) is 6. The third kappa shape index (κ3) is 8.43. The first-order valence-corrected chi connectivity index (χ1v) is 16.6. The number of thioether (sulfide) groups is 2. The molecule has 242 valence electrons. The molecule has 6 nitrogen and oxygen atoms in total. The van der Waals surface area contributed by atoms with Gasteiger partial charge < -0.3 is 0 Å². The van der Waals surface area contributed by atoms with Gasteiger partial charge in [-0.1, -0.05) is 89.7 Å². The molecule has 2 heterocycles. The molecule has 0 fully saturated rings. The summed E-state index contributed by atoms with van der Waals surface area (Å²) in [5, 5.41) is 17.9. The Labute approximate surface area is 283 Å². The van der Waals surface area contributed by atoms with E-state index in [0.717, 1.165) is 28.6 Å². The van der Waals surface area contributed by atoms with E-state index in [1.807, 2.05) is 52.5 Å². The molecule has 4 aromatic carbocycles. The topological polar surface area (TPSA) is 61.4 Å². The van der Waals surface area contributed by atoms with Gasteiger partial charge in [0.05, 0.1) is 16.9 Å². The van der Waals surface area contributed by atoms with E-state index < -0.39 is 11.7 Å². The van der Waals surface area contributed by atoms with E-state index in [0.29, 0.717) is 38.0 Å². The SMILES string of the molecule is Cc1cccc(-n2cnnc2SCc2c(F)cccc2Cl)c1C.Cc1ccccc1-n1cnnc1SCc1cccc(C(F)(F)F)c1. The van der Waals surface area contributed by atoms with Crippen molar-refractivity contribution in [3.8, 4) is 11.4 Å². The molecule has 6 rings (SSSR count). The summed E-state index contributed by atoms with van der Waals surface area (Å²) in [6.07, 6.45) is -1.05. The van der Waals surface area contributed by atoms with Gasteiger partial charge in [0.1, 0.15) is 18.5 Å². The summed E-state index contributed by atoms with van der Waals surface area (Å²) < 4.78 is 56.0. The maximum absolute atomic E-state index is 13.9. The monoisotopic (exact) mass is 696 g/mol. The minimum atomic E-state index is -4.33. The van der Waals surface area contributed by atoms with Crippen LogP contribution in [0.3, 0.4) is 0 Å². The average molecular weight is 697 g/mol. The number of rotatable bonds is 8. The third-order valence-corrected chi connectivity index (χ3v) is 9.61. The van der Waals surface area contributed by atoms with Crippen LogP contribution in [0.25, 0.3) is 11.4 Å². The van der Waals surface area contributed by atoms with E-state index in [1.54, 1.807) is 30.9 Å². The van der Waals surface area contributed by atoms with Crippen molar-refractivity contribution < 1.29 is 17.6 Å². The van der Waals surface area contributed by atoms with Crippen LogP contribution in [-0.4, -0.2) is 29.5 Å². The lowest BCUT2D eigenvalue weighted by molar-refractivity contribution is -0.137. The first-order chi connectivity index (χ1) is 22.5. The number of aryl methyl sites for hydroxylation is 2. The molecule has 0 radical (unpaired) electrons. The molecule has 2 aromatic heterocycles. The predicted octanol–water partition coefficient (Wildman–Crippen LogP) is 9.86. The van der Waals surface area contributed by atoms with Crippen molar-refractivity contribution in [2.24, 2.45) is 0 Å². The van der Waals surface area contributed by atoms with Crippen molar-refractivity contribution in [1.82, 2.24) is 29.5 Å². The van der Waals surface area contributed by atoms with Gasteiger partial charge in [-0.15, -0.1) is 20.4 Å². The summed E-state index contributed by atoms with van der Waals surface area (Å²) in [4.78, 5) is 0. The van der Waals surface area contributed by atoms with Crippen LogP contribution in [0.1, 0.15) is 33.4 Å². The van der Waals surface area contributed by atoms with Crippen LogP contribution in [0.2, 0.25) is 5.02 Å². The van der Waals surface area contributed by atoms with Gasteiger partial charge in [-0.25, -0.2) is 4.39 Å². The summed E-state index contributed by atoms with van der Waals surface area (Å²) in [5.74, 6) is 0.478. The number of aromatic nitrogens is 6. The first kappa shape index (κ1) is 34.2. The molecule has 0 spiro atoms. The van der Waals surface area contributed by atoms with Crippen LogP contribution in [0.15, 0.2) is 108 Å². The highest BCUT2D eigenvalue weighted by Crippen LogP contribution is 2.32. The lowest BCUT2D eigenvalue weighted by Gasteiger charge is -2.11. The molecule has 0 N–H and O–H groups in total. The molecular formula is C34H29ClF4N6S2. The van der Waals surface area contributed by atoms with Gasteiger partial charge in [0.15, 0.2) is 10.3 Å². The fourth-order valence-electron chi connectivity index (χ4n) is 4.60. The van der Waals surface area contributed by atoms with E-state index in [-0.39, 0.29) is 5.82 Å². The lowest BCUT2D eigenvalue weighted by atomic mass is 10.1. The maximum atomic E-state index is 13.9. The zero-order chi connectivity index (χ0) is 33.6. The highest BCUT2D eigenvalue weighted by atomic mass is 35.5. The Hall–Kier alpha value is -4.13. The number of benzene rings is 4. The van der Waals surface area contributed by atoms with Gasteiger partial charge in [0, 0.05) is 22.1 Å². The molecule has 0 aliphatic rings. The molecule has 0 bridgehead atoms. The fraction of sp³-hybridized carbons (Fsp3) is 0.176. The molecule has 0 saturated heterocycles. The number of para-hydroxylation sites is 1. The zero-order valence-corrected chi connectivity index (χ0v) is 27.9. The maximum Gasteiger partial charge on any atom is 0.416 e.